The Bertz CT molecular complexity index is 866. The molecule has 0 N–H and O–H groups in total. The molecule has 2 fully saturated rings. The zero-order valence-corrected chi connectivity index (χ0v) is 20.2. The first-order valence-electron chi connectivity index (χ1n) is 12.0. The van der Waals surface area contributed by atoms with E-state index in [0.29, 0.717) is 0 Å². The van der Waals surface area contributed by atoms with Gasteiger partial charge in [-0.1, -0.05) is 75.2 Å². The van der Waals surface area contributed by atoms with Gasteiger partial charge in [0.05, 0.1) is 0 Å². The Hall–Kier alpha value is -0.980. The normalized spacial score (nSPS) is 32.4. The van der Waals surface area contributed by atoms with Crippen molar-refractivity contribution in [2.75, 3.05) is 0 Å². The molecule has 2 saturated carbocycles. The fourth-order valence-electron chi connectivity index (χ4n) is 7.84. The molecule has 2 aromatic carbocycles. The summed E-state index contributed by atoms with van der Waals surface area (Å²) in [6, 6.07) is 12.9. The van der Waals surface area contributed by atoms with Gasteiger partial charge in [-0.25, -0.2) is 0 Å². The van der Waals surface area contributed by atoms with Crippen molar-refractivity contribution in [3.05, 3.63) is 68.7 Å². The summed E-state index contributed by atoms with van der Waals surface area (Å²) in [5.74, 6) is 6.35. The second-order valence-corrected chi connectivity index (χ2v) is 11.5. The lowest BCUT2D eigenvalue weighted by atomic mass is 9.85. The van der Waals surface area contributed by atoms with Crippen molar-refractivity contribution in [1.29, 1.82) is 0 Å². The molecule has 0 aliphatic heterocycles. The number of halogens is 2. The highest BCUT2D eigenvalue weighted by Gasteiger charge is 2.48. The van der Waals surface area contributed by atoms with Crippen molar-refractivity contribution in [3.8, 4) is 0 Å². The van der Waals surface area contributed by atoms with Gasteiger partial charge in [-0.15, -0.1) is 0 Å². The molecule has 4 aliphatic carbocycles. The second kappa shape index (κ2) is 7.86. The lowest BCUT2D eigenvalue weighted by molar-refractivity contribution is 0.352. The van der Waals surface area contributed by atoms with Crippen molar-refractivity contribution in [3.63, 3.8) is 0 Å². The number of rotatable bonds is 2. The molecule has 6 unspecified atom stereocenters. The molecule has 0 radical (unpaired) electrons. The van der Waals surface area contributed by atoms with Crippen LogP contribution < -0.4 is 0 Å². The summed E-state index contributed by atoms with van der Waals surface area (Å²) in [6.45, 7) is 9.43. The Labute approximate surface area is 192 Å². The van der Waals surface area contributed by atoms with Crippen LogP contribution in [0.15, 0.2) is 36.4 Å². The van der Waals surface area contributed by atoms with E-state index in [1.54, 1.807) is 11.1 Å². The van der Waals surface area contributed by atoms with E-state index in [1.807, 2.05) is 0 Å². The number of fused-ring (bicyclic) bond motifs is 10. The van der Waals surface area contributed by atoms with Gasteiger partial charge < -0.3 is 0 Å². The quantitative estimate of drug-likeness (QED) is 0.436. The van der Waals surface area contributed by atoms with Crippen LogP contribution in [0.2, 0.25) is 10.0 Å². The number of benzene rings is 2. The summed E-state index contributed by atoms with van der Waals surface area (Å²) >= 11 is 12.7. The lowest BCUT2D eigenvalue weighted by Crippen LogP contribution is -2.11. The maximum Gasteiger partial charge on any atom is 0.0443 e. The SMILES string of the molecule is CC(C)C1C2CCC1c1c(Cl)cccc12.CC(C)C1C2CCC1c1c(Cl)cccc12. The van der Waals surface area contributed by atoms with Crippen LogP contribution >= 0.6 is 23.2 Å². The van der Waals surface area contributed by atoms with Gasteiger partial charge in [0.1, 0.15) is 0 Å². The Morgan fingerprint density at radius 2 is 0.967 bits per heavy atom. The fraction of sp³-hybridized carbons (Fsp3) is 0.571. The topological polar surface area (TPSA) is 0 Å². The summed E-state index contributed by atoms with van der Waals surface area (Å²) in [4.78, 5) is 0. The van der Waals surface area contributed by atoms with Crippen LogP contribution in [0.25, 0.3) is 0 Å². The fourth-order valence-corrected chi connectivity index (χ4v) is 8.49. The molecule has 0 spiro atoms. The van der Waals surface area contributed by atoms with Crippen LogP contribution in [0.3, 0.4) is 0 Å². The summed E-state index contributed by atoms with van der Waals surface area (Å²) in [6.07, 6.45) is 5.45. The Morgan fingerprint density at radius 3 is 1.30 bits per heavy atom. The third kappa shape index (κ3) is 3.08. The zero-order valence-electron chi connectivity index (χ0n) is 18.7. The van der Waals surface area contributed by atoms with E-state index in [4.69, 9.17) is 23.2 Å². The Balaban J connectivity index is 0.000000128. The van der Waals surface area contributed by atoms with Crippen molar-refractivity contribution < 1.29 is 0 Å². The smallest absolute Gasteiger partial charge is 0.0443 e. The molecular weight excluding hydrogens is 407 g/mol. The molecule has 4 bridgehead atoms. The minimum absolute atomic E-state index is 0.749. The van der Waals surface area contributed by atoms with Crippen molar-refractivity contribution in [1.82, 2.24) is 0 Å². The van der Waals surface area contributed by atoms with Crippen LogP contribution in [0, 0.1) is 23.7 Å². The Kier molecular flexibility index (Phi) is 5.47. The summed E-state index contributed by atoms with van der Waals surface area (Å²) < 4.78 is 0. The summed E-state index contributed by atoms with van der Waals surface area (Å²) in [5, 5.41) is 2.01. The van der Waals surface area contributed by atoms with Crippen LogP contribution in [0.1, 0.15) is 99.3 Å². The van der Waals surface area contributed by atoms with E-state index in [2.05, 4.69) is 64.1 Å². The predicted octanol–water partition coefficient (Wildman–Crippen LogP) is 9.17. The van der Waals surface area contributed by atoms with Crippen molar-refractivity contribution in [2.45, 2.75) is 77.0 Å². The van der Waals surface area contributed by atoms with E-state index in [1.165, 1.54) is 36.8 Å². The first-order chi connectivity index (χ1) is 14.4. The number of hydrogen-bond acceptors (Lipinski definition) is 0. The van der Waals surface area contributed by atoms with Gasteiger partial charge in [-0.3, -0.25) is 0 Å². The van der Waals surface area contributed by atoms with Crippen LogP contribution in [-0.4, -0.2) is 0 Å². The first kappa shape index (κ1) is 20.9. The molecule has 160 valence electrons. The largest absolute Gasteiger partial charge is 0.0840 e. The minimum atomic E-state index is 0.749. The maximum atomic E-state index is 6.33. The number of hydrogen-bond donors (Lipinski definition) is 0. The standard InChI is InChI=1S/2C14H17Cl/c2*1-8(2)13-10-6-7-11(13)14-9(10)4-3-5-12(14)15/h2*3-5,8,10-11,13H,6-7H2,1-2H3. The lowest BCUT2D eigenvalue weighted by Gasteiger charge is -2.20. The van der Waals surface area contributed by atoms with Gasteiger partial charge in [-0.05, 0) is 107 Å². The minimum Gasteiger partial charge on any atom is -0.0840 e. The molecule has 0 nitrogen and oxygen atoms in total. The Morgan fingerprint density at radius 1 is 0.600 bits per heavy atom. The maximum absolute atomic E-state index is 6.33. The van der Waals surface area contributed by atoms with Gasteiger partial charge in [0.15, 0.2) is 0 Å². The van der Waals surface area contributed by atoms with E-state index >= 15 is 0 Å². The molecule has 2 aromatic rings. The van der Waals surface area contributed by atoms with Gasteiger partial charge in [0.2, 0.25) is 0 Å². The molecule has 0 saturated heterocycles. The first-order valence-corrected chi connectivity index (χ1v) is 12.7. The van der Waals surface area contributed by atoms with E-state index in [-0.39, 0.29) is 0 Å². The summed E-state index contributed by atoms with van der Waals surface area (Å²) in [7, 11) is 0. The van der Waals surface area contributed by atoms with Crippen LogP contribution in [-0.2, 0) is 0 Å². The van der Waals surface area contributed by atoms with Gasteiger partial charge in [-0.2, -0.15) is 0 Å². The molecule has 0 heterocycles. The highest BCUT2D eigenvalue weighted by atomic mass is 35.5. The molecular formula is C28H34Cl2. The third-order valence-corrected chi connectivity index (χ3v) is 9.35. The van der Waals surface area contributed by atoms with Gasteiger partial charge in [0.25, 0.3) is 0 Å². The molecule has 4 aliphatic rings. The van der Waals surface area contributed by atoms with Crippen LogP contribution in [0.4, 0.5) is 0 Å². The monoisotopic (exact) mass is 440 g/mol. The zero-order chi connectivity index (χ0) is 21.2. The molecule has 6 atom stereocenters. The predicted molar refractivity (Wildman–Crippen MR) is 129 cm³/mol. The third-order valence-electron chi connectivity index (χ3n) is 8.69. The highest BCUT2D eigenvalue weighted by Crippen LogP contribution is 2.62. The van der Waals surface area contributed by atoms with E-state index in [0.717, 1.165) is 57.4 Å². The molecule has 30 heavy (non-hydrogen) atoms. The molecule has 0 aromatic heterocycles. The van der Waals surface area contributed by atoms with E-state index < -0.39 is 0 Å². The molecule has 0 amide bonds. The van der Waals surface area contributed by atoms with Crippen LogP contribution in [0.5, 0.6) is 0 Å². The molecule has 2 heteroatoms. The average Bonchev–Trinajstić information content (AvgIpc) is 3.46. The molecule has 6 rings (SSSR count). The average molecular weight is 441 g/mol. The van der Waals surface area contributed by atoms with E-state index in [9.17, 15) is 0 Å². The van der Waals surface area contributed by atoms with Gasteiger partial charge in [0, 0.05) is 10.0 Å². The second-order valence-electron chi connectivity index (χ2n) is 10.7. The summed E-state index contributed by atoms with van der Waals surface area (Å²) in [5.41, 5.74) is 6.07. The van der Waals surface area contributed by atoms with Crippen molar-refractivity contribution in [2.24, 2.45) is 23.7 Å². The highest BCUT2D eigenvalue weighted by molar-refractivity contribution is 6.32. The van der Waals surface area contributed by atoms with Gasteiger partial charge >= 0.3 is 0 Å². The van der Waals surface area contributed by atoms with Crippen molar-refractivity contribution >= 4 is 23.2 Å².